The fourth-order valence-electron chi connectivity index (χ4n) is 3.28. The zero-order valence-corrected chi connectivity index (χ0v) is 13.8. The Labute approximate surface area is 128 Å². The van der Waals surface area contributed by atoms with E-state index in [1.54, 1.807) is 0 Å². The van der Waals surface area contributed by atoms with Gasteiger partial charge >= 0.3 is 0 Å². The van der Waals surface area contributed by atoms with E-state index in [4.69, 9.17) is 0 Å². The predicted octanol–water partition coefficient (Wildman–Crippen LogP) is 1.57. The summed E-state index contributed by atoms with van der Waals surface area (Å²) in [7, 11) is 4.06. The summed E-state index contributed by atoms with van der Waals surface area (Å²) in [5.41, 5.74) is -0.531. The lowest BCUT2D eigenvalue weighted by atomic mass is 9.94. The van der Waals surface area contributed by atoms with Gasteiger partial charge in [-0.2, -0.15) is 0 Å². The zero-order chi connectivity index (χ0) is 15.3. The maximum absolute atomic E-state index is 10.7. The number of hydrogen-bond donors (Lipinski definition) is 1. The Hall–Kier alpha value is -0.910. The van der Waals surface area contributed by atoms with Crippen LogP contribution >= 0.6 is 0 Å². The number of aryl methyl sites for hydroxylation is 1. The molecule has 1 aromatic rings. The van der Waals surface area contributed by atoms with Crippen LogP contribution in [0.3, 0.4) is 0 Å². The predicted molar refractivity (Wildman–Crippen MR) is 85.1 cm³/mol. The van der Waals surface area contributed by atoms with Crippen molar-refractivity contribution in [3.05, 3.63) is 18.2 Å². The molecule has 5 nitrogen and oxygen atoms in total. The van der Waals surface area contributed by atoms with Crippen molar-refractivity contribution in [2.24, 2.45) is 0 Å². The third-order valence-electron chi connectivity index (χ3n) is 4.25. The number of likely N-dealkylation sites (tertiary alicyclic amines) is 1. The molecule has 2 heterocycles. The maximum atomic E-state index is 10.7. The van der Waals surface area contributed by atoms with Crippen LogP contribution in [0.4, 0.5) is 0 Å². The molecule has 21 heavy (non-hydrogen) atoms. The minimum atomic E-state index is -0.531. The molecule has 0 radical (unpaired) electrons. The molecular formula is C16H30N4O. The molecule has 0 amide bonds. The molecule has 1 aliphatic rings. The topological polar surface area (TPSA) is 44.5 Å². The lowest BCUT2D eigenvalue weighted by Gasteiger charge is -2.30. The molecule has 0 aliphatic carbocycles. The van der Waals surface area contributed by atoms with Crippen molar-refractivity contribution in [2.75, 3.05) is 33.7 Å². The number of hydrogen-bond acceptors (Lipinski definition) is 4. The molecule has 5 heteroatoms. The molecule has 1 aliphatic heterocycles. The standard InChI is InChI=1S/C16H30N4O/c1-4-9-20-12-8-17-15(20)13-19-10-5-6-16(21,7-11-19)14-18(2)3/h8,12,21H,4-7,9-11,13-14H2,1-3H3/t16-/m1/s1. The summed E-state index contributed by atoms with van der Waals surface area (Å²) >= 11 is 0. The number of aliphatic hydroxyl groups is 1. The molecule has 0 unspecified atom stereocenters. The number of rotatable bonds is 6. The first-order chi connectivity index (χ1) is 10.0. The first-order valence-corrected chi connectivity index (χ1v) is 8.12. The minimum absolute atomic E-state index is 0.531. The molecule has 0 spiro atoms. The van der Waals surface area contributed by atoms with Crippen molar-refractivity contribution >= 4 is 0 Å². The summed E-state index contributed by atoms with van der Waals surface area (Å²) in [6.45, 7) is 6.87. The summed E-state index contributed by atoms with van der Waals surface area (Å²) in [5.74, 6) is 1.15. The molecule has 1 saturated heterocycles. The Balaban J connectivity index is 1.92. The van der Waals surface area contributed by atoms with Gasteiger partial charge in [-0.3, -0.25) is 4.90 Å². The normalized spacial score (nSPS) is 24.4. The second-order valence-corrected chi connectivity index (χ2v) is 6.63. The number of imidazole rings is 1. The van der Waals surface area contributed by atoms with E-state index in [1.165, 1.54) is 0 Å². The highest BCUT2D eigenvalue weighted by molar-refractivity contribution is 4.94. The first kappa shape index (κ1) is 16.5. The van der Waals surface area contributed by atoms with Gasteiger partial charge in [-0.15, -0.1) is 0 Å². The SMILES string of the molecule is CCCn1ccnc1CN1CCC[C@](O)(CN(C)C)CC1. The third-order valence-corrected chi connectivity index (χ3v) is 4.25. The van der Waals surface area contributed by atoms with Crippen molar-refractivity contribution in [3.8, 4) is 0 Å². The summed E-state index contributed by atoms with van der Waals surface area (Å²) < 4.78 is 2.25. The average molecular weight is 294 g/mol. The highest BCUT2D eigenvalue weighted by Gasteiger charge is 2.30. The van der Waals surface area contributed by atoms with Crippen molar-refractivity contribution in [2.45, 2.75) is 51.3 Å². The minimum Gasteiger partial charge on any atom is -0.389 e. The van der Waals surface area contributed by atoms with Gasteiger partial charge in [0, 0.05) is 32.0 Å². The van der Waals surface area contributed by atoms with Crippen LogP contribution in [0.15, 0.2) is 12.4 Å². The second-order valence-electron chi connectivity index (χ2n) is 6.63. The van der Waals surface area contributed by atoms with Crippen LogP contribution in [-0.2, 0) is 13.1 Å². The van der Waals surface area contributed by atoms with E-state index in [0.29, 0.717) is 0 Å². The van der Waals surface area contributed by atoms with E-state index in [9.17, 15) is 5.11 Å². The van der Waals surface area contributed by atoms with E-state index in [2.05, 4.69) is 32.5 Å². The lowest BCUT2D eigenvalue weighted by Crippen LogP contribution is -2.41. The van der Waals surface area contributed by atoms with Gasteiger partial charge in [-0.1, -0.05) is 6.92 Å². The van der Waals surface area contributed by atoms with Gasteiger partial charge in [-0.05, 0) is 46.3 Å². The zero-order valence-electron chi connectivity index (χ0n) is 13.8. The van der Waals surface area contributed by atoms with Gasteiger partial charge in [0.15, 0.2) is 0 Å². The molecule has 1 atom stereocenters. The van der Waals surface area contributed by atoms with Crippen LogP contribution in [0.2, 0.25) is 0 Å². The quantitative estimate of drug-likeness (QED) is 0.865. The largest absolute Gasteiger partial charge is 0.389 e. The smallest absolute Gasteiger partial charge is 0.122 e. The van der Waals surface area contributed by atoms with Crippen molar-refractivity contribution in [1.29, 1.82) is 0 Å². The Kier molecular flexibility index (Phi) is 5.79. The highest BCUT2D eigenvalue weighted by Crippen LogP contribution is 2.23. The third kappa shape index (κ3) is 4.80. The van der Waals surface area contributed by atoms with E-state index in [1.807, 2.05) is 20.3 Å². The molecule has 0 bridgehead atoms. The van der Waals surface area contributed by atoms with E-state index in [-0.39, 0.29) is 0 Å². The lowest BCUT2D eigenvalue weighted by molar-refractivity contribution is 0.00251. The summed E-state index contributed by atoms with van der Waals surface area (Å²) in [6, 6.07) is 0. The van der Waals surface area contributed by atoms with Gasteiger partial charge in [0.2, 0.25) is 0 Å². The van der Waals surface area contributed by atoms with Crippen molar-refractivity contribution < 1.29 is 5.11 Å². The number of nitrogens with zero attached hydrogens (tertiary/aromatic N) is 4. The van der Waals surface area contributed by atoms with Crippen LogP contribution in [0, 0.1) is 0 Å². The van der Waals surface area contributed by atoms with Gasteiger partial charge in [0.25, 0.3) is 0 Å². The van der Waals surface area contributed by atoms with Crippen molar-refractivity contribution in [1.82, 2.24) is 19.4 Å². The fraction of sp³-hybridized carbons (Fsp3) is 0.812. The monoisotopic (exact) mass is 294 g/mol. The van der Waals surface area contributed by atoms with E-state index in [0.717, 1.165) is 64.2 Å². The molecule has 120 valence electrons. The van der Waals surface area contributed by atoms with Crippen molar-refractivity contribution in [3.63, 3.8) is 0 Å². The van der Waals surface area contributed by atoms with Crippen LogP contribution in [0.1, 0.15) is 38.4 Å². The molecule has 0 saturated carbocycles. The van der Waals surface area contributed by atoms with Gasteiger partial charge in [0.1, 0.15) is 5.82 Å². The molecule has 1 fully saturated rings. The van der Waals surface area contributed by atoms with Crippen LogP contribution in [0.5, 0.6) is 0 Å². The molecule has 1 aromatic heterocycles. The fourth-order valence-corrected chi connectivity index (χ4v) is 3.28. The van der Waals surface area contributed by atoms with Crippen LogP contribution in [0.25, 0.3) is 0 Å². The Morgan fingerprint density at radius 3 is 2.86 bits per heavy atom. The van der Waals surface area contributed by atoms with Gasteiger partial charge in [-0.25, -0.2) is 4.98 Å². The highest BCUT2D eigenvalue weighted by atomic mass is 16.3. The molecule has 0 aromatic carbocycles. The van der Waals surface area contributed by atoms with Crippen LogP contribution < -0.4 is 0 Å². The molecule has 2 rings (SSSR count). The Morgan fingerprint density at radius 1 is 1.33 bits per heavy atom. The molecule has 1 N–H and O–H groups in total. The van der Waals surface area contributed by atoms with E-state index < -0.39 is 5.60 Å². The number of likely N-dealkylation sites (N-methyl/N-ethyl adjacent to an activating group) is 1. The molecular weight excluding hydrogens is 264 g/mol. The van der Waals surface area contributed by atoms with Crippen LogP contribution in [-0.4, -0.2) is 63.8 Å². The maximum Gasteiger partial charge on any atom is 0.122 e. The summed E-state index contributed by atoms with van der Waals surface area (Å²) in [6.07, 6.45) is 7.89. The summed E-state index contributed by atoms with van der Waals surface area (Å²) in [4.78, 5) is 9.01. The Morgan fingerprint density at radius 2 is 2.14 bits per heavy atom. The van der Waals surface area contributed by atoms with Gasteiger partial charge < -0.3 is 14.6 Å². The van der Waals surface area contributed by atoms with Gasteiger partial charge in [0.05, 0.1) is 12.1 Å². The Bertz CT molecular complexity index is 432. The first-order valence-electron chi connectivity index (χ1n) is 8.12. The summed E-state index contributed by atoms with van der Waals surface area (Å²) in [5, 5.41) is 10.7. The number of aromatic nitrogens is 2. The average Bonchev–Trinajstić information content (AvgIpc) is 2.74. The van der Waals surface area contributed by atoms with E-state index >= 15 is 0 Å². The second kappa shape index (κ2) is 7.38.